The number of methoxy groups -OCH3 is 1. The molecule has 0 aromatic heterocycles. The molecule has 2 aliphatic rings. The molecule has 0 aromatic carbocycles. The summed E-state index contributed by atoms with van der Waals surface area (Å²) in [4.78, 5) is 10.8. The highest BCUT2D eigenvalue weighted by atomic mass is 19.4. The lowest BCUT2D eigenvalue weighted by Gasteiger charge is -2.39. The van der Waals surface area contributed by atoms with Crippen molar-refractivity contribution in [3.8, 4) is 0 Å². The van der Waals surface area contributed by atoms with Crippen LogP contribution in [0.4, 0.5) is 13.2 Å². The molecule has 1 N–H and O–H groups in total. The standard InChI is InChI=1S/C18H34F3N5O/c1-4-22-17(23-14-16-6-5-7-25(16)12-13-27-3)26-10-8-24(9-11-26)15(2)18(19,20)21/h15-16H,4-14H2,1-3H3,(H,22,23). The molecule has 158 valence electrons. The van der Waals surface area contributed by atoms with Crippen LogP contribution in [0, 0.1) is 0 Å². The lowest BCUT2D eigenvalue weighted by molar-refractivity contribution is -0.181. The van der Waals surface area contributed by atoms with Gasteiger partial charge in [-0.15, -0.1) is 0 Å². The third kappa shape index (κ3) is 6.50. The van der Waals surface area contributed by atoms with Crippen LogP contribution in [0.1, 0.15) is 26.7 Å². The summed E-state index contributed by atoms with van der Waals surface area (Å²) in [5, 5.41) is 3.30. The van der Waals surface area contributed by atoms with Crippen molar-refractivity contribution in [1.82, 2.24) is 20.0 Å². The van der Waals surface area contributed by atoms with E-state index in [1.807, 2.05) is 6.92 Å². The molecule has 0 spiro atoms. The maximum absolute atomic E-state index is 12.9. The average molecular weight is 393 g/mol. The third-order valence-electron chi connectivity index (χ3n) is 5.50. The Labute approximate surface area is 160 Å². The van der Waals surface area contributed by atoms with Gasteiger partial charge < -0.3 is 15.0 Å². The molecule has 2 unspecified atom stereocenters. The number of aliphatic imine (C=N–C) groups is 1. The van der Waals surface area contributed by atoms with Gasteiger partial charge in [-0.05, 0) is 33.2 Å². The maximum Gasteiger partial charge on any atom is 0.403 e. The fourth-order valence-corrected chi connectivity index (χ4v) is 3.75. The molecule has 2 saturated heterocycles. The molecular formula is C18H34F3N5O. The number of ether oxygens (including phenoxy) is 1. The Balaban J connectivity index is 1.90. The Morgan fingerprint density at radius 1 is 1.22 bits per heavy atom. The largest absolute Gasteiger partial charge is 0.403 e. The quantitative estimate of drug-likeness (QED) is 0.526. The number of rotatable bonds is 7. The second kappa shape index (κ2) is 10.5. The summed E-state index contributed by atoms with van der Waals surface area (Å²) in [7, 11) is 1.71. The van der Waals surface area contributed by atoms with Crippen molar-refractivity contribution in [2.24, 2.45) is 4.99 Å². The van der Waals surface area contributed by atoms with Crippen molar-refractivity contribution in [2.45, 2.75) is 44.9 Å². The summed E-state index contributed by atoms with van der Waals surface area (Å²) >= 11 is 0. The van der Waals surface area contributed by atoms with Crippen LogP contribution in [0.15, 0.2) is 4.99 Å². The normalized spacial score (nSPS) is 24.4. The van der Waals surface area contributed by atoms with Crippen molar-refractivity contribution in [3.05, 3.63) is 0 Å². The first-order chi connectivity index (χ1) is 12.9. The Kier molecular flexibility index (Phi) is 8.62. The van der Waals surface area contributed by atoms with E-state index in [2.05, 4.69) is 15.1 Å². The molecule has 2 atom stereocenters. The summed E-state index contributed by atoms with van der Waals surface area (Å²) in [6.45, 7) is 9.34. The molecule has 9 heteroatoms. The van der Waals surface area contributed by atoms with E-state index in [0.717, 1.165) is 38.6 Å². The summed E-state index contributed by atoms with van der Waals surface area (Å²) < 4.78 is 44.0. The van der Waals surface area contributed by atoms with Crippen molar-refractivity contribution >= 4 is 5.96 Å². The van der Waals surface area contributed by atoms with Gasteiger partial charge in [0, 0.05) is 52.4 Å². The van der Waals surface area contributed by atoms with Gasteiger partial charge in [-0.3, -0.25) is 14.8 Å². The number of hydrogen-bond acceptors (Lipinski definition) is 4. The van der Waals surface area contributed by atoms with Crippen LogP contribution in [0.2, 0.25) is 0 Å². The molecule has 0 radical (unpaired) electrons. The van der Waals surface area contributed by atoms with Crippen LogP contribution in [0.25, 0.3) is 0 Å². The second-order valence-corrected chi connectivity index (χ2v) is 7.26. The molecule has 0 bridgehead atoms. The van der Waals surface area contributed by atoms with E-state index in [1.165, 1.54) is 18.2 Å². The lowest BCUT2D eigenvalue weighted by Crippen LogP contribution is -2.56. The van der Waals surface area contributed by atoms with Gasteiger partial charge in [0.25, 0.3) is 0 Å². The minimum Gasteiger partial charge on any atom is -0.383 e. The van der Waals surface area contributed by atoms with E-state index in [1.54, 1.807) is 7.11 Å². The van der Waals surface area contributed by atoms with E-state index in [4.69, 9.17) is 9.73 Å². The van der Waals surface area contributed by atoms with Crippen molar-refractivity contribution in [2.75, 3.05) is 66.1 Å². The van der Waals surface area contributed by atoms with Crippen LogP contribution in [-0.2, 0) is 4.74 Å². The van der Waals surface area contributed by atoms with Gasteiger partial charge in [-0.1, -0.05) is 0 Å². The SMILES string of the molecule is CCNC(=NCC1CCCN1CCOC)N1CCN(C(C)C(F)(F)F)CC1. The van der Waals surface area contributed by atoms with E-state index in [9.17, 15) is 13.2 Å². The first kappa shape index (κ1) is 22.2. The number of piperazine rings is 1. The second-order valence-electron chi connectivity index (χ2n) is 7.26. The number of guanidine groups is 1. The van der Waals surface area contributed by atoms with E-state index in [-0.39, 0.29) is 0 Å². The van der Waals surface area contributed by atoms with E-state index in [0.29, 0.717) is 38.8 Å². The minimum atomic E-state index is -4.17. The Morgan fingerprint density at radius 3 is 2.52 bits per heavy atom. The van der Waals surface area contributed by atoms with Crippen LogP contribution < -0.4 is 5.32 Å². The summed E-state index contributed by atoms with van der Waals surface area (Å²) in [5.74, 6) is 0.815. The number of nitrogens with zero attached hydrogens (tertiary/aromatic N) is 4. The molecule has 0 aromatic rings. The predicted molar refractivity (Wildman–Crippen MR) is 101 cm³/mol. The van der Waals surface area contributed by atoms with Gasteiger partial charge in [-0.2, -0.15) is 13.2 Å². The molecule has 6 nitrogen and oxygen atoms in total. The fourth-order valence-electron chi connectivity index (χ4n) is 3.75. The highest BCUT2D eigenvalue weighted by Crippen LogP contribution is 2.25. The molecule has 0 amide bonds. The molecule has 27 heavy (non-hydrogen) atoms. The zero-order chi connectivity index (χ0) is 19.9. The van der Waals surface area contributed by atoms with Gasteiger partial charge >= 0.3 is 6.18 Å². The van der Waals surface area contributed by atoms with Gasteiger partial charge in [0.2, 0.25) is 0 Å². The molecule has 2 heterocycles. The molecular weight excluding hydrogens is 359 g/mol. The smallest absolute Gasteiger partial charge is 0.383 e. The fraction of sp³-hybridized carbons (Fsp3) is 0.944. The molecule has 0 aliphatic carbocycles. The highest BCUT2D eigenvalue weighted by Gasteiger charge is 2.41. The van der Waals surface area contributed by atoms with Crippen LogP contribution >= 0.6 is 0 Å². The Hall–Kier alpha value is -1.06. The lowest BCUT2D eigenvalue weighted by atomic mass is 10.2. The molecule has 2 rings (SSSR count). The monoisotopic (exact) mass is 393 g/mol. The zero-order valence-electron chi connectivity index (χ0n) is 16.8. The first-order valence-corrected chi connectivity index (χ1v) is 9.93. The molecule has 2 aliphatic heterocycles. The number of likely N-dealkylation sites (tertiary alicyclic amines) is 1. The third-order valence-corrected chi connectivity index (χ3v) is 5.50. The molecule has 2 fully saturated rings. The van der Waals surface area contributed by atoms with Crippen molar-refractivity contribution < 1.29 is 17.9 Å². The molecule has 0 saturated carbocycles. The van der Waals surface area contributed by atoms with Crippen LogP contribution in [-0.4, -0.2) is 105 Å². The van der Waals surface area contributed by atoms with Gasteiger partial charge in [0.15, 0.2) is 5.96 Å². The number of nitrogens with one attached hydrogen (secondary N) is 1. The summed E-state index contributed by atoms with van der Waals surface area (Å²) in [5.41, 5.74) is 0. The summed E-state index contributed by atoms with van der Waals surface area (Å²) in [6, 6.07) is -0.979. The van der Waals surface area contributed by atoms with E-state index < -0.39 is 12.2 Å². The Morgan fingerprint density at radius 2 is 1.93 bits per heavy atom. The van der Waals surface area contributed by atoms with Gasteiger partial charge in [-0.25, -0.2) is 0 Å². The predicted octanol–water partition coefficient (Wildman–Crippen LogP) is 1.63. The number of alkyl halides is 3. The van der Waals surface area contributed by atoms with Gasteiger partial charge in [0.1, 0.15) is 6.04 Å². The average Bonchev–Trinajstić information content (AvgIpc) is 3.09. The highest BCUT2D eigenvalue weighted by molar-refractivity contribution is 5.80. The number of hydrogen-bond donors (Lipinski definition) is 1. The first-order valence-electron chi connectivity index (χ1n) is 9.93. The van der Waals surface area contributed by atoms with Crippen molar-refractivity contribution in [1.29, 1.82) is 0 Å². The van der Waals surface area contributed by atoms with Crippen molar-refractivity contribution in [3.63, 3.8) is 0 Å². The van der Waals surface area contributed by atoms with Crippen LogP contribution in [0.3, 0.4) is 0 Å². The van der Waals surface area contributed by atoms with E-state index >= 15 is 0 Å². The Bertz CT molecular complexity index is 466. The van der Waals surface area contributed by atoms with Gasteiger partial charge in [0.05, 0.1) is 13.2 Å². The minimum absolute atomic E-state index is 0.397. The van der Waals surface area contributed by atoms with Crippen LogP contribution in [0.5, 0.6) is 0 Å². The number of halogens is 3. The zero-order valence-corrected chi connectivity index (χ0v) is 16.8. The topological polar surface area (TPSA) is 43.3 Å². The summed E-state index contributed by atoms with van der Waals surface area (Å²) in [6.07, 6.45) is -1.87. The maximum atomic E-state index is 12.9.